The number of aliphatic hydroxyl groups excluding tert-OH is 1. The highest BCUT2D eigenvalue weighted by molar-refractivity contribution is 6.06. The Morgan fingerprint density at radius 1 is 1.32 bits per heavy atom. The molecule has 0 bridgehead atoms. The predicted molar refractivity (Wildman–Crippen MR) is 73.2 cm³/mol. The third-order valence-electron chi connectivity index (χ3n) is 2.88. The van der Waals surface area contributed by atoms with E-state index in [1.807, 2.05) is 0 Å². The molecule has 1 aromatic rings. The van der Waals surface area contributed by atoms with Crippen LogP contribution in [-0.4, -0.2) is 22.2 Å². The number of hydrogen-bond donors (Lipinski definition) is 3. The Labute approximate surface area is 122 Å². The van der Waals surface area contributed by atoms with Crippen molar-refractivity contribution in [2.75, 3.05) is 5.32 Å². The van der Waals surface area contributed by atoms with Crippen molar-refractivity contribution in [3.05, 3.63) is 63.8 Å². The van der Waals surface area contributed by atoms with Gasteiger partial charge in [0.05, 0.1) is 5.57 Å². The monoisotopic (exact) mass is 312 g/mol. The van der Waals surface area contributed by atoms with Crippen molar-refractivity contribution in [3.8, 4) is 0 Å². The minimum atomic E-state index is -4.54. The number of carbonyl (C=O) groups is 1. The number of hydrogen-bond acceptors (Lipinski definition) is 3. The molecular formula is C14H11F3N2O3. The number of amides is 1. The van der Waals surface area contributed by atoms with E-state index >= 15 is 0 Å². The molecule has 0 saturated heterocycles. The molecule has 1 amide bonds. The van der Waals surface area contributed by atoms with Crippen LogP contribution in [0.5, 0.6) is 0 Å². The Morgan fingerprint density at radius 2 is 2.05 bits per heavy atom. The lowest BCUT2D eigenvalue weighted by Crippen LogP contribution is -2.17. The van der Waals surface area contributed by atoms with Crippen LogP contribution in [0.4, 0.5) is 18.9 Å². The number of halogens is 3. The fourth-order valence-electron chi connectivity index (χ4n) is 1.78. The summed E-state index contributed by atoms with van der Waals surface area (Å²) in [6, 6.07) is 2.50. The van der Waals surface area contributed by atoms with Gasteiger partial charge in [-0.2, -0.15) is 13.2 Å². The largest absolute Gasteiger partial charge is 0.507 e. The molecule has 3 N–H and O–H groups in total. The number of aliphatic hydroxyl groups is 1. The predicted octanol–water partition coefficient (Wildman–Crippen LogP) is 2.57. The second kappa shape index (κ2) is 5.92. The Bertz CT molecular complexity index is 742. The van der Waals surface area contributed by atoms with Gasteiger partial charge in [0.15, 0.2) is 0 Å². The lowest BCUT2D eigenvalue weighted by atomic mass is 10.1. The molecule has 0 aromatic carbocycles. The van der Waals surface area contributed by atoms with Crippen LogP contribution in [0.2, 0.25) is 0 Å². The van der Waals surface area contributed by atoms with E-state index in [-0.39, 0.29) is 11.3 Å². The molecule has 0 atom stereocenters. The topological polar surface area (TPSA) is 82.2 Å². The van der Waals surface area contributed by atoms with Gasteiger partial charge < -0.3 is 15.4 Å². The second-order valence-corrected chi connectivity index (χ2v) is 4.46. The maximum absolute atomic E-state index is 12.6. The van der Waals surface area contributed by atoms with E-state index in [1.54, 1.807) is 0 Å². The molecule has 22 heavy (non-hydrogen) atoms. The fraction of sp³-hybridized carbons (Fsp3) is 0.143. The summed E-state index contributed by atoms with van der Waals surface area (Å²) in [7, 11) is 0. The number of allylic oxidation sites excluding steroid dienone is 4. The Hall–Kier alpha value is -2.77. The van der Waals surface area contributed by atoms with Crippen molar-refractivity contribution in [1.29, 1.82) is 0 Å². The number of nitrogens with one attached hydrogen (secondary N) is 2. The quantitative estimate of drug-likeness (QED) is 0.785. The van der Waals surface area contributed by atoms with Gasteiger partial charge in [-0.25, -0.2) is 0 Å². The molecule has 1 aromatic heterocycles. The van der Waals surface area contributed by atoms with Gasteiger partial charge >= 0.3 is 6.18 Å². The smallest absolute Gasteiger partial charge is 0.412 e. The molecule has 0 fully saturated rings. The first kappa shape index (κ1) is 15.6. The van der Waals surface area contributed by atoms with E-state index in [0.29, 0.717) is 0 Å². The Morgan fingerprint density at radius 3 is 2.68 bits per heavy atom. The minimum Gasteiger partial charge on any atom is -0.507 e. The van der Waals surface area contributed by atoms with Gasteiger partial charge in [-0.1, -0.05) is 6.08 Å². The van der Waals surface area contributed by atoms with Crippen molar-refractivity contribution < 1.29 is 23.1 Å². The lowest BCUT2D eigenvalue weighted by molar-refractivity contribution is -0.112. The Kier molecular flexibility index (Phi) is 4.20. The second-order valence-electron chi connectivity index (χ2n) is 4.46. The summed E-state index contributed by atoms with van der Waals surface area (Å²) in [6.45, 7) is 0. The summed E-state index contributed by atoms with van der Waals surface area (Å²) in [6.07, 6.45) is -1.22. The zero-order valence-corrected chi connectivity index (χ0v) is 11.1. The van der Waals surface area contributed by atoms with E-state index in [1.165, 1.54) is 12.3 Å². The third-order valence-corrected chi connectivity index (χ3v) is 2.88. The molecule has 1 aliphatic carbocycles. The number of carbonyl (C=O) groups excluding carboxylic acids is 1. The van der Waals surface area contributed by atoms with Crippen LogP contribution in [0.25, 0.3) is 0 Å². The van der Waals surface area contributed by atoms with Crippen LogP contribution in [0, 0.1) is 0 Å². The van der Waals surface area contributed by atoms with Crippen molar-refractivity contribution in [3.63, 3.8) is 0 Å². The number of H-pyrrole nitrogens is 1. The van der Waals surface area contributed by atoms with Gasteiger partial charge in [-0.3, -0.25) is 9.59 Å². The maximum Gasteiger partial charge on any atom is 0.412 e. The number of aromatic amines is 1. The average molecular weight is 312 g/mol. The van der Waals surface area contributed by atoms with Gasteiger partial charge in [0.2, 0.25) is 5.56 Å². The molecule has 0 aliphatic heterocycles. The summed E-state index contributed by atoms with van der Waals surface area (Å²) >= 11 is 0. The molecular weight excluding hydrogens is 301 g/mol. The summed E-state index contributed by atoms with van der Waals surface area (Å²) in [5, 5.41) is 12.0. The summed E-state index contributed by atoms with van der Waals surface area (Å²) in [5.74, 6) is -1.38. The van der Waals surface area contributed by atoms with Crippen LogP contribution in [0.1, 0.15) is 6.42 Å². The standard InChI is InChI=1S/C14H11F3N2O3/c15-14(16,17)8-1-3-10(11(20)4-2-8)13(22)19-9-5-6-18-12(21)7-9/h1,3-7,20H,2H2,(H2,18,19,21,22). The van der Waals surface area contributed by atoms with Crippen LogP contribution < -0.4 is 10.9 Å². The molecule has 5 nitrogen and oxygen atoms in total. The summed E-state index contributed by atoms with van der Waals surface area (Å²) in [4.78, 5) is 25.4. The first-order chi connectivity index (χ1) is 10.3. The maximum atomic E-state index is 12.6. The number of aromatic nitrogens is 1. The van der Waals surface area contributed by atoms with Crippen molar-refractivity contribution in [2.45, 2.75) is 12.6 Å². The van der Waals surface area contributed by atoms with Gasteiger partial charge in [0.25, 0.3) is 5.91 Å². The normalized spacial score (nSPS) is 15.3. The molecule has 0 unspecified atom stereocenters. The van der Waals surface area contributed by atoms with Crippen molar-refractivity contribution in [1.82, 2.24) is 4.98 Å². The molecule has 1 heterocycles. The minimum absolute atomic E-state index is 0.159. The molecule has 2 rings (SSSR count). The first-order valence-corrected chi connectivity index (χ1v) is 6.15. The van der Waals surface area contributed by atoms with E-state index in [0.717, 1.165) is 24.3 Å². The highest BCUT2D eigenvalue weighted by Crippen LogP contribution is 2.31. The number of rotatable bonds is 2. The average Bonchev–Trinajstić information content (AvgIpc) is 2.60. The fourth-order valence-corrected chi connectivity index (χ4v) is 1.78. The summed E-state index contributed by atoms with van der Waals surface area (Å²) in [5.41, 5.74) is -1.49. The highest BCUT2D eigenvalue weighted by Gasteiger charge is 2.33. The van der Waals surface area contributed by atoms with Crippen LogP contribution in [-0.2, 0) is 4.79 Å². The van der Waals surface area contributed by atoms with Crippen molar-refractivity contribution >= 4 is 11.6 Å². The van der Waals surface area contributed by atoms with Gasteiger partial charge in [0.1, 0.15) is 5.76 Å². The summed E-state index contributed by atoms with van der Waals surface area (Å²) < 4.78 is 37.9. The van der Waals surface area contributed by atoms with E-state index < -0.39 is 35.4 Å². The molecule has 0 spiro atoms. The van der Waals surface area contributed by atoms with Crippen LogP contribution in [0.3, 0.4) is 0 Å². The van der Waals surface area contributed by atoms with Crippen LogP contribution in [0.15, 0.2) is 58.3 Å². The SMILES string of the molecule is O=C(Nc1cc[nH]c(=O)c1)C1=CC=C(C(F)(F)F)CC=C1O. The molecule has 0 radical (unpaired) electrons. The first-order valence-electron chi connectivity index (χ1n) is 6.15. The van der Waals surface area contributed by atoms with Crippen LogP contribution >= 0.6 is 0 Å². The molecule has 0 saturated carbocycles. The number of alkyl halides is 3. The highest BCUT2D eigenvalue weighted by atomic mass is 19.4. The van der Waals surface area contributed by atoms with Gasteiger partial charge in [-0.15, -0.1) is 0 Å². The molecule has 116 valence electrons. The Balaban J connectivity index is 2.26. The lowest BCUT2D eigenvalue weighted by Gasteiger charge is -2.07. The zero-order chi connectivity index (χ0) is 16.3. The number of anilines is 1. The zero-order valence-electron chi connectivity index (χ0n) is 11.1. The van der Waals surface area contributed by atoms with E-state index in [2.05, 4.69) is 10.3 Å². The van der Waals surface area contributed by atoms with E-state index in [9.17, 15) is 27.9 Å². The van der Waals surface area contributed by atoms with Gasteiger partial charge in [-0.05, 0) is 24.6 Å². The third kappa shape index (κ3) is 3.66. The van der Waals surface area contributed by atoms with Crippen molar-refractivity contribution in [2.24, 2.45) is 0 Å². The van der Waals surface area contributed by atoms with Gasteiger partial charge in [0, 0.05) is 23.5 Å². The molecule has 1 aliphatic rings. The number of pyridine rings is 1. The van der Waals surface area contributed by atoms with E-state index in [4.69, 9.17) is 0 Å². The molecule has 8 heteroatoms.